The molecule has 1 aromatic carbocycles. The minimum Gasteiger partial charge on any atom is -0.356 e. The van der Waals surface area contributed by atoms with E-state index in [2.05, 4.69) is 5.16 Å². The first-order chi connectivity index (χ1) is 7.27. The fourth-order valence-electron chi connectivity index (χ4n) is 1.41. The third kappa shape index (κ3) is 2.39. The lowest BCUT2D eigenvalue weighted by molar-refractivity contribution is -0.109. The SMILES string of the molecule is CC(=O)SCCc1noc2ccccc12. The third-order valence-electron chi connectivity index (χ3n) is 2.10. The van der Waals surface area contributed by atoms with Gasteiger partial charge in [0.05, 0.1) is 5.69 Å². The second kappa shape index (κ2) is 4.49. The molecule has 0 saturated heterocycles. The highest BCUT2D eigenvalue weighted by Crippen LogP contribution is 2.19. The van der Waals surface area contributed by atoms with Crippen molar-refractivity contribution in [2.75, 3.05) is 5.75 Å². The maximum Gasteiger partial charge on any atom is 0.185 e. The van der Waals surface area contributed by atoms with Crippen LogP contribution in [0.4, 0.5) is 0 Å². The molecule has 15 heavy (non-hydrogen) atoms. The van der Waals surface area contributed by atoms with Gasteiger partial charge in [-0.25, -0.2) is 0 Å². The van der Waals surface area contributed by atoms with Crippen LogP contribution in [0.5, 0.6) is 0 Å². The highest BCUT2D eigenvalue weighted by Gasteiger charge is 2.07. The number of benzene rings is 1. The van der Waals surface area contributed by atoms with Crippen molar-refractivity contribution >= 4 is 27.8 Å². The van der Waals surface area contributed by atoms with E-state index in [0.717, 1.165) is 28.8 Å². The molecule has 0 aliphatic carbocycles. The monoisotopic (exact) mass is 221 g/mol. The summed E-state index contributed by atoms with van der Waals surface area (Å²) in [7, 11) is 0. The van der Waals surface area contributed by atoms with Crippen LogP contribution in [0.2, 0.25) is 0 Å². The molecule has 0 radical (unpaired) electrons. The Bertz CT molecular complexity index is 478. The van der Waals surface area contributed by atoms with E-state index in [1.807, 2.05) is 24.3 Å². The van der Waals surface area contributed by atoms with Gasteiger partial charge >= 0.3 is 0 Å². The Kier molecular flexibility index (Phi) is 3.06. The highest BCUT2D eigenvalue weighted by molar-refractivity contribution is 8.13. The zero-order valence-electron chi connectivity index (χ0n) is 8.40. The van der Waals surface area contributed by atoms with Crippen molar-refractivity contribution < 1.29 is 9.32 Å². The van der Waals surface area contributed by atoms with Crippen molar-refractivity contribution in [2.24, 2.45) is 0 Å². The number of rotatable bonds is 3. The van der Waals surface area contributed by atoms with Crippen molar-refractivity contribution in [1.82, 2.24) is 5.16 Å². The molecule has 0 fully saturated rings. The molecule has 78 valence electrons. The lowest BCUT2D eigenvalue weighted by Crippen LogP contribution is -1.92. The number of aryl methyl sites for hydroxylation is 1. The topological polar surface area (TPSA) is 43.1 Å². The standard InChI is InChI=1S/C11H11NO2S/c1-8(13)15-7-6-10-9-4-2-3-5-11(9)14-12-10/h2-5H,6-7H2,1H3. The lowest BCUT2D eigenvalue weighted by Gasteiger charge is -1.94. The van der Waals surface area contributed by atoms with E-state index >= 15 is 0 Å². The number of carbonyl (C=O) groups is 1. The smallest absolute Gasteiger partial charge is 0.185 e. The molecule has 0 amide bonds. The minimum absolute atomic E-state index is 0.141. The van der Waals surface area contributed by atoms with Gasteiger partial charge in [0, 0.05) is 24.5 Å². The van der Waals surface area contributed by atoms with Gasteiger partial charge < -0.3 is 4.52 Å². The summed E-state index contributed by atoms with van der Waals surface area (Å²) in [5, 5.41) is 5.18. The molecule has 0 unspecified atom stereocenters. The summed E-state index contributed by atoms with van der Waals surface area (Å²) in [6.07, 6.45) is 0.765. The molecule has 0 bridgehead atoms. The zero-order valence-corrected chi connectivity index (χ0v) is 9.21. The quantitative estimate of drug-likeness (QED) is 0.799. The predicted molar refractivity (Wildman–Crippen MR) is 60.9 cm³/mol. The average Bonchev–Trinajstić information content (AvgIpc) is 2.62. The van der Waals surface area contributed by atoms with Crippen LogP contribution < -0.4 is 0 Å². The Morgan fingerprint density at radius 3 is 3.07 bits per heavy atom. The summed E-state index contributed by atoms with van der Waals surface area (Å²) in [4.78, 5) is 10.8. The van der Waals surface area contributed by atoms with Crippen molar-refractivity contribution in [3.63, 3.8) is 0 Å². The Morgan fingerprint density at radius 2 is 2.27 bits per heavy atom. The number of para-hydroxylation sites is 1. The molecular formula is C11H11NO2S. The average molecular weight is 221 g/mol. The van der Waals surface area contributed by atoms with Crippen LogP contribution in [0.3, 0.4) is 0 Å². The number of aromatic nitrogens is 1. The van der Waals surface area contributed by atoms with Crippen molar-refractivity contribution in [1.29, 1.82) is 0 Å². The molecule has 0 N–H and O–H groups in total. The van der Waals surface area contributed by atoms with E-state index in [1.54, 1.807) is 6.92 Å². The van der Waals surface area contributed by atoms with Gasteiger partial charge in [0.15, 0.2) is 10.7 Å². The maximum atomic E-state index is 10.8. The molecule has 0 saturated carbocycles. The van der Waals surface area contributed by atoms with Gasteiger partial charge in [0.1, 0.15) is 0 Å². The van der Waals surface area contributed by atoms with E-state index in [0.29, 0.717) is 0 Å². The molecule has 4 heteroatoms. The Hall–Kier alpha value is -1.29. The molecule has 0 atom stereocenters. The molecule has 1 aromatic heterocycles. The van der Waals surface area contributed by atoms with Gasteiger partial charge in [0.2, 0.25) is 0 Å². The van der Waals surface area contributed by atoms with Crippen molar-refractivity contribution in [3.8, 4) is 0 Å². The van der Waals surface area contributed by atoms with Crippen LogP contribution in [0.25, 0.3) is 11.0 Å². The first-order valence-corrected chi connectivity index (χ1v) is 5.72. The molecule has 0 aliphatic rings. The first kappa shape index (κ1) is 10.2. The molecule has 2 rings (SSSR count). The zero-order chi connectivity index (χ0) is 10.7. The molecule has 2 aromatic rings. The largest absolute Gasteiger partial charge is 0.356 e. The Balaban J connectivity index is 2.11. The first-order valence-electron chi connectivity index (χ1n) is 4.74. The van der Waals surface area contributed by atoms with E-state index in [4.69, 9.17) is 4.52 Å². The van der Waals surface area contributed by atoms with E-state index in [-0.39, 0.29) is 5.12 Å². The van der Waals surface area contributed by atoms with Crippen molar-refractivity contribution in [3.05, 3.63) is 30.0 Å². The maximum absolute atomic E-state index is 10.8. The lowest BCUT2D eigenvalue weighted by atomic mass is 10.2. The number of hydrogen-bond donors (Lipinski definition) is 0. The molecule has 3 nitrogen and oxygen atoms in total. The van der Waals surface area contributed by atoms with E-state index < -0.39 is 0 Å². The third-order valence-corrected chi connectivity index (χ3v) is 2.91. The van der Waals surface area contributed by atoms with Gasteiger partial charge in [-0.1, -0.05) is 29.1 Å². The number of carbonyl (C=O) groups excluding carboxylic acids is 1. The Labute approximate surface area is 91.8 Å². The fraction of sp³-hybridized carbons (Fsp3) is 0.273. The predicted octanol–water partition coefficient (Wildman–Crippen LogP) is 2.65. The van der Waals surface area contributed by atoms with Crippen LogP contribution >= 0.6 is 11.8 Å². The van der Waals surface area contributed by atoms with Gasteiger partial charge in [-0.15, -0.1) is 0 Å². The summed E-state index contributed by atoms with van der Waals surface area (Å²) in [5.41, 5.74) is 1.74. The summed E-state index contributed by atoms with van der Waals surface area (Å²) in [5.74, 6) is 0.756. The summed E-state index contributed by atoms with van der Waals surface area (Å²) < 4.78 is 5.16. The molecule has 1 heterocycles. The van der Waals surface area contributed by atoms with Crippen LogP contribution in [0, 0.1) is 0 Å². The summed E-state index contributed by atoms with van der Waals surface area (Å²) >= 11 is 1.32. The summed E-state index contributed by atoms with van der Waals surface area (Å²) in [6.45, 7) is 1.57. The van der Waals surface area contributed by atoms with Gasteiger partial charge in [0.25, 0.3) is 0 Å². The van der Waals surface area contributed by atoms with Crippen LogP contribution in [0.15, 0.2) is 28.8 Å². The number of thioether (sulfide) groups is 1. The fourth-order valence-corrected chi connectivity index (χ4v) is 1.99. The molecule has 0 aliphatic heterocycles. The van der Waals surface area contributed by atoms with Gasteiger partial charge in [-0.05, 0) is 12.1 Å². The molecule has 0 spiro atoms. The van der Waals surface area contributed by atoms with Crippen LogP contribution in [-0.2, 0) is 11.2 Å². The number of fused-ring (bicyclic) bond motifs is 1. The van der Waals surface area contributed by atoms with Gasteiger partial charge in [-0.2, -0.15) is 0 Å². The minimum atomic E-state index is 0.141. The normalized spacial score (nSPS) is 10.7. The Morgan fingerprint density at radius 1 is 1.47 bits per heavy atom. The second-order valence-corrected chi connectivity index (χ2v) is 4.49. The van der Waals surface area contributed by atoms with Gasteiger partial charge in [-0.3, -0.25) is 4.79 Å². The summed E-state index contributed by atoms with van der Waals surface area (Å²) in [6, 6.07) is 7.76. The van der Waals surface area contributed by atoms with Crippen LogP contribution in [0.1, 0.15) is 12.6 Å². The number of nitrogens with zero attached hydrogens (tertiary/aromatic N) is 1. The van der Waals surface area contributed by atoms with Crippen LogP contribution in [-0.4, -0.2) is 16.0 Å². The molecular weight excluding hydrogens is 210 g/mol. The second-order valence-electron chi connectivity index (χ2n) is 3.22. The number of hydrogen-bond acceptors (Lipinski definition) is 4. The van der Waals surface area contributed by atoms with E-state index in [1.165, 1.54) is 11.8 Å². The van der Waals surface area contributed by atoms with E-state index in [9.17, 15) is 4.79 Å². The van der Waals surface area contributed by atoms with Crippen molar-refractivity contribution in [2.45, 2.75) is 13.3 Å². The highest BCUT2D eigenvalue weighted by atomic mass is 32.2.